The highest BCUT2D eigenvalue weighted by atomic mass is 32.2. The second-order valence-electron chi connectivity index (χ2n) is 15.4. The van der Waals surface area contributed by atoms with Crippen LogP contribution in [0.3, 0.4) is 0 Å². The third-order valence-corrected chi connectivity index (χ3v) is 14.4. The summed E-state index contributed by atoms with van der Waals surface area (Å²) in [5, 5.41) is 26.6. The summed E-state index contributed by atoms with van der Waals surface area (Å²) in [4.78, 5) is 31.0. The van der Waals surface area contributed by atoms with Gasteiger partial charge in [-0.05, 0) is 60.4 Å². The fraction of sp³-hybridized carbons (Fsp3) is 0.465. The minimum atomic E-state index is -3.98. The second kappa shape index (κ2) is 19.3. The summed E-state index contributed by atoms with van der Waals surface area (Å²) in [6.45, 7) is 7.71. The Bertz CT molecular complexity index is 2100. The molecular weight excluding hydrogens is 812 g/mol. The molecule has 1 aromatic heterocycles. The molecule has 0 saturated carbocycles. The SMILES string of the molecule is CCC(C)(C)C(=O)SCCOP(=O)(OC[C@H]1O[C@@H](n2ccc(NC(c3ccccc3)(c3ccc(OC)cc3)c3ccc(OC)cc3)nc2=O)C(C)(O)[C@H]1O)N1CCOCC1. The zero-order valence-corrected chi connectivity index (χ0v) is 36.5. The minimum absolute atomic E-state index is 0.00465. The van der Waals surface area contributed by atoms with E-state index >= 15 is 0 Å². The Morgan fingerprint density at radius 1 is 0.950 bits per heavy atom. The van der Waals surface area contributed by atoms with Crippen LogP contribution in [-0.4, -0.2) is 107 Å². The highest BCUT2D eigenvalue weighted by Gasteiger charge is 2.54. The molecule has 2 fully saturated rings. The average Bonchev–Trinajstić information content (AvgIpc) is 3.50. The Morgan fingerprint density at radius 2 is 1.53 bits per heavy atom. The van der Waals surface area contributed by atoms with Gasteiger partial charge in [0.1, 0.15) is 40.7 Å². The number of nitrogens with zero attached hydrogens (tertiary/aromatic N) is 3. The van der Waals surface area contributed by atoms with E-state index in [9.17, 15) is 24.4 Å². The molecule has 2 aliphatic rings. The van der Waals surface area contributed by atoms with Crippen LogP contribution in [0.1, 0.15) is 57.0 Å². The lowest BCUT2D eigenvalue weighted by Gasteiger charge is -2.37. The normalized spacial score (nSPS) is 22.2. The minimum Gasteiger partial charge on any atom is -0.497 e. The molecule has 2 aliphatic heterocycles. The fourth-order valence-electron chi connectivity index (χ4n) is 7.11. The van der Waals surface area contributed by atoms with Crippen LogP contribution >= 0.6 is 19.5 Å². The summed E-state index contributed by atoms with van der Waals surface area (Å²) in [5.74, 6) is 1.81. The quantitative estimate of drug-likeness (QED) is 0.0616. The van der Waals surface area contributed by atoms with Gasteiger partial charge in [0, 0.05) is 30.5 Å². The van der Waals surface area contributed by atoms with E-state index in [1.165, 1.54) is 13.1 Å². The smallest absolute Gasteiger partial charge is 0.408 e. The summed E-state index contributed by atoms with van der Waals surface area (Å²) in [5.41, 5.74) is -1.85. The van der Waals surface area contributed by atoms with Crippen LogP contribution in [-0.2, 0) is 33.4 Å². The third-order valence-electron chi connectivity index (χ3n) is 11.1. The summed E-state index contributed by atoms with van der Waals surface area (Å²) in [7, 11) is -0.790. The van der Waals surface area contributed by atoms with Crippen LogP contribution in [0, 0.1) is 5.41 Å². The van der Waals surface area contributed by atoms with E-state index in [-0.39, 0.29) is 36.4 Å². The third kappa shape index (κ3) is 9.67. The monoisotopic (exact) mass is 866 g/mol. The molecule has 3 heterocycles. The Kier molecular flexibility index (Phi) is 14.6. The number of thioether (sulfide) groups is 1. The Morgan fingerprint density at radius 3 is 2.08 bits per heavy atom. The Hall–Kier alpha value is -4.09. The lowest BCUT2D eigenvalue weighted by molar-refractivity contribution is -0.118. The first-order chi connectivity index (χ1) is 28.7. The Labute approximate surface area is 354 Å². The molecule has 324 valence electrons. The number of ether oxygens (including phenoxy) is 4. The number of anilines is 1. The van der Waals surface area contributed by atoms with Crippen LogP contribution in [0.15, 0.2) is 95.9 Å². The van der Waals surface area contributed by atoms with Crippen LogP contribution in [0.25, 0.3) is 0 Å². The number of rotatable bonds is 18. The molecule has 2 unspecified atom stereocenters. The van der Waals surface area contributed by atoms with Crippen LogP contribution in [0.5, 0.6) is 11.5 Å². The van der Waals surface area contributed by atoms with Crippen molar-refractivity contribution < 1.29 is 47.6 Å². The molecule has 6 rings (SSSR count). The summed E-state index contributed by atoms with van der Waals surface area (Å²) in [6.07, 6.45) is -2.07. The lowest BCUT2D eigenvalue weighted by atomic mass is 9.77. The number of methoxy groups -OCH3 is 2. The van der Waals surface area contributed by atoms with Crippen molar-refractivity contribution in [1.82, 2.24) is 14.2 Å². The highest BCUT2D eigenvalue weighted by molar-refractivity contribution is 8.13. The van der Waals surface area contributed by atoms with E-state index in [4.69, 9.17) is 28.0 Å². The molecule has 3 aromatic carbocycles. The summed E-state index contributed by atoms with van der Waals surface area (Å²) < 4.78 is 51.2. The average molecular weight is 867 g/mol. The highest BCUT2D eigenvalue weighted by Crippen LogP contribution is 2.53. The van der Waals surface area contributed by atoms with Gasteiger partial charge in [-0.1, -0.05) is 87.1 Å². The maximum atomic E-state index is 14.3. The zero-order chi connectivity index (χ0) is 43.1. The van der Waals surface area contributed by atoms with E-state index in [2.05, 4.69) is 10.3 Å². The number of aromatic nitrogens is 2. The van der Waals surface area contributed by atoms with Gasteiger partial charge in [0.15, 0.2) is 11.3 Å². The first-order valence-corrected chi connectivity index (χ1v) is 22.3. The van der Waals surface area contributed by atoms with Crippen molar-refractivity contribution in [3.05, 3.63) is 118 Å². The van der Waals surface area contributed by atoms with E-state index in [1.54, 1.807) is 25.0 Å². The van der Waals surface area contributed by atoms with Crippen molar-refractivity contribution in [2.75, 3.05) is 64.8 Å². The van der Waals surface area contributed by atoms with Crippen molar-refractivity contribution in [3.63, 3.8) is 0 Å². The first kappa shape index (κ1) is 45.4. The van der Waals surface area contributed by atoms with Crippen molar-refractivity contribution in [3.8, 4) is 11.5 Å². The van der Waals surface area contributed by atoms with Gasteiger partial charge >= 0.3 is 13.4 Å². The van der Waals surface area contributed by atoms with E-state index in [0.717, 1.165) is 33.0 Å². The maximum absolute atomic E-state index is 14.3. The summed E-state index contributed by atoms with van der Waals surface area (Å²) >= 11 is 1.11. The van der Waals surface area contributed by atoms with E-state index < -0.39 is 55.0 Å². The van der Waals surface area contributed by atoms with Gasteiger partial charge in [-0.25, -0.2) is 14.0 Å². The molecule has 2 saturated heterocycles. The van der Waals surface area contributed by atoms with Crippen LogP contribution in [0.4, 0.5) is 5.82 Å². The van der Waals surface area contributed by atoms with E-state index in [1.807, 2.05) is 99.6 Å². The van der Waals surface area contributed by atoms with Crippen LogP contribution in [0.2, 0.25) is 0 Å². The van der Waals surface area contributed by atoms with Gasteiger partial charge in [0.2, 0.25) is 0 Å². The van der Waals surface area contributed by atoms with Gasteiger partial charge in [0.25, 0.3) is 0 Å². The van der Waals surface area contributed by atoms with Crippen molar-refractivity contribution in [2.45, 2.75) is 63.7 Å². The predicted molar refractivity (Wildman–Crippen MR) is 228 cm³/mol. The number of aliphatic hydroxyl groups is 2. The van der Waals surface area contributed by atoms with Gasteiger partial charge in [-0.2, -0.15) is 4.98 Å². The lowest BCUT2D eigenvalue weighted by Crippen LogP contribution is -2.46. The van der Waals surface area contributed by atoms with Crippen molar-refractivity contribution in [2.24, 2.45) is 5.41 Å². The van der Waals surface area contributed by atoms with E-state index in [0.29, 0.717) is 31.1 Å². The number of benzene rings is 3. The standard InChI is InChI=1S/C43H55N4O11PS/c1-7-41(2,3)39(49)60-28-27-56-59(52,46-23-25-55-26-24-46)57-29-35-37(48)42(4,51)38(58-35)47-22-21-36(44-40(47)50)45-43(30-11-9-8-10-12-30,31-13-17-33(53-5)18-14-31)32-15-19-34(54-6)20-16-32/h8-22,35,37-38,48,51H,7,23-29H2,1-6H3,(H,44,45,50)/t35-,37+,38-,42?,59?/m1/s1. The van der Waals surface area contributed by atoms with Gasteiger partial charge in [0.05, 0.1) is 40.6 Å². The molecule has 0 amide bonds. The number of hydrogen-bond donors (Lipinski definition) is 3. The molecule has 5 atom stereocenters. The number of nitrogens with one attached hydrogen (secondary N) is 1. The first-order valence-electron chi connectivity index (χ1n) is 19.9. The second-order valence-corrected chi connectivity index (χ2v) is 18.5. The molecule has 0 spiro atoms. The van der Waals surface area contributed by atoms with Crippen molar-refractivity contribution >= 4 is 30.4 Å². The largest absolute Gasteiger partial charge is 0.497 e. The fourth-order valence-corrected chi connectivity index (χ4v) is 9.83. The number of carbonyl (C=O) groups is 1. The van der Waals surface area contributed by atoms with Gasteiger partial charge in [-0.3, -0.25) is 18.4 Å². The molecule has 15 nitrogen and oxygen atoms in total. The predicted octanol–water partition coefficient (Wildman–Crippen LogP) is 5.84. The number of morpholine rings is 1. The number of carbonyl (C=O) groups excluding carboxylic acids is 1. The molecule has 60 heavy (non-hydrogen) atoms. The number of hydrogen-bond acceptors (Lipinski definition) is 14. The van der Waals surface area contributed by atoms with Gasteiger partial charge < -0.3 is 34.5 Å². The van der Waals surface area contributed by atoms with Crippen LogP contribution < -0.4 is 20.5 Å². The molecule has 4 aromatic rings. The topological polar surface area (TPSA) is 180 Å². The molecular formula is C43H55N4O11PS. The number of aliphatic hydroxyl groups excluding tert-OH is 1. The summed E-state index contributed by atoms with van der Waals surface area (Å²) in [6, 6.07) is 26.5. The molecule has 0 aliphatic carbocycles. The molecule has 3 N–H and O–H groups in total. The molecule has 0 radical (unpaired) electrons. The molecule has 0 bridgehead atoms. The maximum Gasteiger partial charge on any atom is 0.408 e. The van der Waals surface area contributed by atoms with Crippen molar-refractivity contribution in [1.29, 1.82) is 0 Å². The zero-order valence-electron chi connectivity index (χ0n) is 34.8. The Balaban J connectivity index is 1.25. The van der Waals surface area contributed by atoms with Gasteiger partial charge in [-0.15, -0.1) is 0 Å². The molecule has 17 heteroatoms.